The molecule has 7 rings (SSSR count). The minimum absolute atomic E-state index is 0. The van der Waals surface area contributed by atoms with E-state index in [2.05, 4.69) is 127 Å². The van der Waals surface area contributed by atoms with Crippen LogP contribution in [0.15, 0.2) is 146 Å². The van der Waals surface area contributed by atoms with Crippen molar-refractivity contribution < 1.29 is 20.1 Å². The van der Waals surface area contributed by atoms with Gasteiger partial charge in [0, 0.05) is 32.5 Å². The number of benzene rings is 5. The molecule has 0 aliphatic carbocycles. The van der Waals surface area contributed by atoms with Gasteiger partial charge in [0.25, 0.3) is 0 Å². The zero-order valence-electron chi connectivity index (χ0n) is 24.1. The van der Waals surface area contributed by atoms with Crippen LogP contribution in [0.1, 0.15) is 11.1 Å². The first-order valence-electron chi connectivity index (χ1n) is 14.1. The Morgan fingerprint density at radius 3 is 1.72 bits per heavy atom. The minimum atomic E-state index is 0. The van der Waals surface area contributed by atoms with Gasteiger partial charge in [-0.1, -0.05) is 90.0 Å². The summed E-state index contributed by atoms with van der Waals surface area (Å²) in [6.45, 7) is 4.15. The van der Waals surface area contributed by atoms with E-state index in [9.17, 15) is 0 Å². The molecule has 1 radical (unpaired) electrons. The molecule has 211 valence electrons. The summed E-state index contributed by atoms with van der Waals surface area (Å²) in [5.41, 5.74) is 11.3. The van der Waals surface area contributed by atoms with Gasteiger partial charge in [0.05, 0.1) is 0 Å². The monoisotopic (exact) mass is 731 g/mol. The molecule has 0 N–H and O–H groups in total. The topological polar surface area (TPSA) is 25.8 Å². The Kier molecular flexibility index (Phi) is 9.69. The molecular weight excluding hydrogens is 701 g/mol. The van der Waals surface area contributed by atoms with E-state index in [-0.39, 0.29) is 20.1 Å². The number of aryl methyl sites for hydroxylation is 2. The van der Waals surface area contributed by atoms with Crippen LogP contribution in [0.3, 0.4) is 0 Å². The van der Waals surface area contributed by atoms with E-state index in [0.29, 0.717) is 0 Å². The molecule has 0 atom stereocenters. The van der Waals surface area contributed by atoms with Crippen LogP contribution in [-0.2, 0) is 20.1 Å². The van der Waals surface area contributed by atoms with Gasteiger partial charge < -0.3 is 9.97 Å². The quantitative estimate of drug-likeness (QED) is 0.169. The van der Waals surface area contributed by atoms with Crippen LogP contribution >= 0.6 is 0 Å². The van der Waals surface area contributed by atoms with Crippen LogP contribution in [0.25, 0.3) is 55.5 Å². The molecule has 2 heterocycles. The van der Waals surface area contributed by atoms with Crippen molar-refractivity contribution in [2.75, 3.05) is 0 Å². The van der Waals surface area contributed by atoms with E-state index in [4.69, 9.17) is 0 Å². The summed E-state index contributed by atoms with van der Waals surface area (Å²) < 4.78 is 0. The predicted octanol–water partition coefficient (Wildman–Crippen LogP) is 10.2. The molecule has 43 heavy (non-hydrogen) atoms. The maximum atomic E-state index is 4.54. The zero-order valence-corrected chi connectivity index (χ0v) is 26.5. The van der Waals surface area contributed by atoms with Crippen LogP contribution in [0.4, 0.5) is 0 Å². The molecule has 0 saturated carbocycles. The molecule has 3 heteroatoms. The average molecular weight is 731 g/mol. The van der Waals surface area contributed by atoms with Gasteiger partial charge in [0.15, 0.2) is 0 Å². The standard InChI is InChI=1S/C28H20N.C12H10N.Ir/c1-20-16-17-29-27(18-20)24-13-5-12-23(19-24)26-15-7-11-22-10-6-14-25(28(22)26)21-8-3-2-4-9-21;1-10-7-8-13-12(9-10)11-5-3-2-4-6-11;/h2-12,14-19H,1H3;2-5,7-9H,1H3;/q2*-1;. The molecule has 0 fully saturated rings. The molecule has 7 aromatic rings. The number of pyridine rings is 2. The molecule has 5 aromatic carbocycles. The van der Waals surface area contributed by atoms with Crippen LogP contribution in [0.2, 0.25) is 0 Å². The van der Waals surface area contributed by atoms with Crippen molar-refractivity contribution in [3.05, 3.63) is 169 Å². The first-order chi connectivity index (χ1) is 20.7. The van der Waals surface area contributed by atoms with Gasteiger partial charge in [-0.2, -0.15) is 0 Å². The Balaban J connectivity index is 0.000000221. The summed E-state index contributed by atoms with van der Waals surface area (Å²) in [6, 6.07) is 52.5. The summed E-state index contributed by atoms with van der Waals surface area (Å²) in [5, 5.41) is 2.52. The van der Waals surface area contributed by atoms with Crippen molar-refractivity contribution in [1.29, 1.82) is 0 Å². The van der Waals surface area contributed by atoms with Gasteiger partial charge in [-0.3, -0.25) is 0 Å². The second kappa shape index (κ2) is 14.0. The third-order valence-electron chi connectivity index (χ3n) is 7.19. The summed E-state index contributed by atoms with van der Waals surface area (Å²) >= 11 is 0. The van der Waals surface area contributed by atoms with Gasteiger partial charge >= 0.3 is 0 Å². The van der Waals surface area contributed by atoms with Crippen LogP contribution < -0.4 is 0 Å². The number of fused-ring (bicyclic) bond motifs is 1. The zero-order chi connectivity index (χ0) is 28.7. The summed E-state index contributed by atoms with van der Waals surface area (Å²) in [7, 11) is 0. The van der Waals surface area contributed by atoms with Crippen molar-refractivity contribution >= 4 is 10.8 Å². The molecular formula is C40H30IrN2-2. The molecule has 0 aliphatic rings. The Labute approximate surface area is 267 Å². The van der Waals surface area contributed by atoms with E-state index in [1.165, 1.54) is 44.2 Å². The summed E-state index contributed by atoms with van der Waals surface area (Å²) in [6.07, 6.45) is 3.68. The third-order valence-corrected chi connectivity index (χ3v) is 7.19. The molecule has 0 spiro atoms. The molecule has 0 aliphatic heterocycles. The molecule has 2 nitrogen and oxygen atoms in total. The van der Waals surface area contributed by atoms with Crippen molar-refractivity contribution in [2.24, 2.45) is 0 Å². The largest absolute Gasteiger partial charge is 0.305 e. The molecule has 0 unspecified atom stereocenters. The van der Waals surface area contributed by atoms with Gasteiger partial charge in [-0.05, 0) is 64.8 Å². The van der Waals surface area contributed by atoms with Gasteiger partial charge in [0.1, 0.15) is 0 Å². The van der Waals surface area contributed by atoms with Crippen molar-refractivity contribution in [2.45, 2.75) is 13.8 Å². The smallest absolute Gasteiger partial charge is 0.0163 e. The number of hydrogen-bond acceptors (Lipinski definition) is 2. The van der Waals surface area contributed by atoms with E-state index >= 15 is 0 Å². The number of rotatable bonds is 4. The average Bonchev–Trinajstić information content (AvgIpc) is 3.05. The third kappa shape index (κ3) is 7.04. The molecule has 0 amide bonds. The van der Waals surface area contributed by atoms with Crippen LogP contribution in [-0.4, -0.2) is 9.97 Å². The Morgan fingerprint density at radius 2 is 1.09 bits per heavy atom. The molecule has 0 saturated heterocycles. The van der Waals surface area contributed by atoms with E-state index < -0.39 is 0 Å². The molecule has 2 aromatic heterocycles. The maximum Gasteiger partial charge on any atom is 0.0163 e. The second-order valence-electron chi connectivity index (χ2n) is 10.3. The van der Waals surface area contributed by atoms with Gasteiger partial charge in [0.2, 0.25) is 0 Å². The van der Waals surface area contributed by atoms with E-state index in [1.807, 2.05) is 54.9 Å². The van der Waals surface area contributed by atoms with Crippen molar-refractivity contribution in [1.82, 2.24) is 9.97 Å². The Bertz CT molecular complexity index is 1940. The van der Waals surface area contributed by atoms with Crippen molar-refractivity contribution in [3.8, 4) is 44.8 Å². The number of nitrogens with zero attached hydrogens (tertiary/aromatic N) is 2. The summed E-state index contributed by atoms with van der Waals surface area (Å²) in [4.78, 5) is 8.82. The Morgan fingerprint density at radius 1 is 0.488 bits per heavy atom. The summed E-state index contributed by atoms with van der Waals surface area (Å²) in [5.74, 6) is 0. The maximum absolute atomic E-state index is 4.54. The number of hydrogen-bond donors (Lipinski definition) is 0. The first-order valence-corrected chi connectivity index (χ1v) is 14.1. The fourth-order valence-corrected chi connectivity index (χ4v) is 5.14. The van der Waals surface area contributed by atoms with Gasteiger partial charge in [-0.25, -0.2) is 0 Å². The minimum Gasteiger partial charge on any atom is -0.305 e. The van der Waals surface area contributed by atoms with Crippen LogP contribution in [0.5, 0.6) is 0 Å². The van der Waals surface area contributed by atoms with Crippen molar-refractivity contribution in [3.63, 3.8) is 0 Å². The fraction of sp³-hybridized carbons (Fsp3) is 0.0500. The number of aromatic nitrogens is 2. The van der Waals surface area contributed by atoms with E-state index in [1.54, 1.807) is 0 Å². The Hall–Kier alpha value is -4.69. The second-order valence-corrected chi connectivity index (χ2v) is 10.3. The predicted molar refractivity (Wildman–Crippen MR) is 175 cm³/mol. The normalized spacial score (nSPS) is 10.4. The van der Waals surface area contributed by atoms with Crippen LogP contribution in [0, 0.1) is 26.0 Å². The first kappa shape index (κ1) is 29.8. The molecule has 0 bridgehead atoms. The van der Waals surface area contributed by atoms with Gasteiger partial charge in [-0.15, -0.1) is 71.3 Å². The van der Waals surface area contributed by atoms with E-state index in [0.717, 1.165) is 22.5 Å². The SMILES string of the molecule is Cc1ccnc(-c2[c-]ccc(-c3cccc4cccc(-c5ccccc5)c34)c2)c1.Cc1ccnc(-c2[c-]cccc2)c1.[Ir]. The fourth-order valence-electron chi connectivity index (χ4n) is 5.14.